The second-order valence-electron chi connectivity index (χ2n) is 4.82. The molecule has 0 saturated carbocycles. The Morgan fingerprint density at radius 2 is 2.33 bits per heavy atom. The van der Waals surface area contributed by atoms with Gasteiger partial charge in [-0.2, -0.15) is 5.10 Å². The molecular formula is C12H12ClN5O2S. The number of hydrazone groups is 1. The molecular weight excluding hydrogens is 314 g/mol. The van der Waals surface area contributed by atoms with E-state index in [2.05, 4.69) is 15.4 Å². The third kappa shape index (κ3) is 2.11. The summed E-state index contributed by atoms with van der Waals surface area (Å²) in [6.07, 6.45) is 3.65. The van der Waals surface area contributed by atoms with Crippen LogP contribution in [-0.2, 0) is 4.79 Å². The molecule has 3 heterocycles. The van der Waals surface area contributed by atoms with E-state index in [1.165, 1.54) is 17.6 Å². The molecule has 2 aromatic heterocycles. The molecule has 1 fully saturated rings. The number of amides is 3. The third-order valence-corrected chi connectivity index (χ3v) is 4.53. The van der Waals surface area contributed by atoms with Crippen molar-refractivity contribution >= 4 is 46.1 Å². The van der Waals surface area contributed by atoms with E-state index in [4.69, 9.17) is 11.6 Å². The van der Waals surface area contributed by atoms with E-state index in [1.54, 1.807) is 17.5 Å². The summed E-state index contributed by atoms with van der Waals surface area (Å²) in [5, 5.41) is 9.55. The average molecular weight is 326 g/mol. The van der Waals surface area contributed by atoms with Gasteiger partial charge < -0.3 is 5.32 Å². The molecule has 1 aliphatic heterocycles. The van der Waals surface area contributed by atoms with Gasteiger partial charge in [-0.1, -0.05) is 18.5 Å². The molecule has 1 saturated heterocycles. The van der Waals surface area contributed by atoms with E-state index in [0.29, 0.717) is 12.1 Å². The van der Waals surface area contributed by atoms with Crippen molar-refractivity contribution in [1.82, 2.24) is 19.7 Å². The van der Waals surface area contributed by atoms with E-state index in [0.717, 1.165) is 9.97 Å². The minimum atomic E-state index is -0.909. The fourth-order valence-electron chi connectivity index (χ4n) is 2.02. The molecule has 0 radical (unpaired) electrons. The SMILES string of the molecule is CCC1(C)NC(=O)N(/N=C/c2c(Cl)nc3sccn23)C1=O. The highest BCUT2D eigenvalue weighted by Gasteiger charge is 2.46. The topological polar surface area (TPSA) is 79.1 Å². The lowest BCUT2D eigenvalue weighted by molar-refractivity contribution is -0.130. The van der Waals surface area contributed by atoms with Gasteiger partial charge in [-0.15, -0.1) is 16.3 Å². The number of rotatable bonds is 3. The van der Waals surface area contributed by atoms with E-state index in [9.17, 15) is 9.59 Å². The van der Waals surface area contributed by atoms with Gasteiger partial charge in [0.2, 0.25) is 0 Å². The number of imide groups is 1. The van der Waals surface area contributed by atoms with Gasteiger partial charge >= 0.3 is 6.03 Å². The lowest BCUT2D eigenvalue weighted by atomic mass is 10.00. The fraction of sp³-hybridized carbons (Fsp3) is 0.333. The first-order valence-corrected chi connectivity index (χ1v) is 7.54. The number of nitrogens with one attached hydrogen (secondary N) is 1. The van der Waals surface area contributed by atoms with Gasteiger partial charge in [0.15, 0.2) is 10.1 Å². The van der Waals surface area contributed by atoms with Crippen LogP contribution in [0.15, 0.2) is 16.7 Å². The lowest BCUT2D eigenvalue weighted by Crippen LogP contribution is -2.42. The molecule has 9 heteroatoms. The van der Waals surface area contributed by atoms with Crippen LogP contribution in [-0.4, -0.2) is 38.1 Å². The summed E-state index contributed by atoms with van der Waals surface area (Å²) >= 11 is 7.46. The molecule has 1 aliphatic rings. The second kappa shape index (κ2) is 4.81. The largest absolute Gasteiger partial charge is 0.346 e. The van der Waals surface area contributed by atoms with Crippen molar-refractivity contribution in [2.45, 2.75) is 25.8 Å². The van der Waals surface area contributed by atoms with Gasteiger partial charge in [0, 0.05) is 11.6 Å². The van der Waals surface area contributed by atoms with Crippen molar-refractivity contribution in [3.05, 3.63) is 22.4 Å². The van der Waals surface area contributed by atoms with Crippen LogP contribution < -0.4 is 5.32 Å². The Hall–Kier alpha value is -1.93. The third-order valence-electron chi connectivity index (χ3n) is 3.50. The van der Waals surface area contributed by atoms with E-state index < -0.39 is 11.6 Å². The number of halogens is 1. The number of aromatic nitrogens is 2. The van der Waals surface area contributed by atoms with Crippen LogP contribution in [0.4, 0.5) is 4.79 Å². The number of urea groups is 1. The van der Waals surface area contributed by atoms with Crippen LogP contribution in [0.2, 0.25) is 5.15 Å². The zero-order valence-electron chi connectivity index (χ0n) is 11.3. The van der Waals surface area contributed by atoms with Crippen LogP contribution in [0, 0.1) is 0 Å². The normalized spacial score (nSPS) is 22.7. The first-order chi connectivity index (χ1) is 9.96. The smallest absolute Gasteiger partial charge is 0.322 e. The van der Waals surface area contributed by atoms with Crippen molar-refractivity contribution in [1.29, 1.82) is 0 Å². The van der Waals surface area contributed by atoms with Crippen LogP contribution in [0.25, 0.3) is 4.96 Å². The minimum Gasteiger partial charge on any atom is -0.322 e. The Kier molecular flexibility index (Phi) is 3.22. The standard InChI is InChI=1S/C12H12ClN5O2S/c1-3-12(2)9(19)18(10(20)16-12)14-6-7-8(13)15-11-17(7)4-5-21-11/h4-6H,3H2,1-2H3,(H,16,20)/b14-6+. The summed E-state index contributed by atoms with van der Waals surface area (Å²) in [5.74, 6) is -0.381. The quantitative estimate of drug-likeness (QED) is 0.693. The lowest BCUT2D eigenvalue weighted by Gasteiger charge is -2.17. The Morgan fingerprint density at radius 1 is 1.57 bits per heavy atom. The summed E-state index contributed by atoms with van der Waals surface area (Å²) in [6.45, 7) is 3.50. The molecule has 0 spiro atoms. The molecule has 0 aliphatic carbocycles. The molecule has 3 amide bonds. The molecule has 0 bridgehead atoms. The summed E-state index contributed by atoms with van der Waals surface area (Å²) in [5.41, 5.74) is -0.383. The number of fused-ring (bicyclic) bond motifs is 1. The number of nitrogens with zero attached hydrogens (tertiary/aromatic N) is 4. The molecule has 21 heavy (non-hydrogen) atoms. The molecule has 1 atom stereocenters. The molecule has 7 nitrogen and oxygen atoms in total. The number of hydrogen-bond acceptors (Lipinski definition) is 5. The monoisotopic (exact) mass is 325 g/mol. The molecule has 1 N–H and O–H groups in total. The van der Waals surface area contributed by atoms with E-state index in [1.807, 2.05) is 12.3 Å². The maximum atomic E-state index is 12.2. The van der Waals surface area contributed by atoms with Gasteiger partial charge in [-0.25, -0.2) is 9.78 Å². The van der Waals surface area contributed by atoms with Crippen LogP contribution in [0.1, 0.15) is 26.0 Å². The summed E-state index contributed by atoms with van der Waals surface area (Å²) in [4.78, 5) is 28.9. The molecule has 3 rings (SSSR count). The van der Waals surface area contributed by atoms with Crippen molar-refractivity contribution in [2.75, 3.05) is 0 Å². The number of carbonyl (C=O) groups excluding carboxylic acids is 2. The molecule has 1 unspecified atom stereocenters. The molecule has 110 valence electrons. The molecule has 2 aromatic rings. The summed E-state index contributed by atoms with van der Waals surface area (Å²) in [7, 11) is 0. The summed E-state index contributed by atoms with van der Waals surface area (Å²) < 4.78 is 1.74. The number of thiazole rings is 1. The maximum Gasteiger partial charge on any atom is 0.346 e. The van der Waals surface area contributed by atoms with Crippen LogP contribution in [0.5, 0.6) is 0 Å². The number of hydrogen-bond donors (Lipinski definition) is 1. The predicted octanol–water partition coefficient (Wildman–Crippen LogP) is 2.10. The fourth-order valence-corrected chi connectivity index (χ4v) is 3.01. The van der Waals surface area contributed by atoms with Gasteiger partial charge in [-0.3, -0.25) is 9.20 Å². The maximum absolute atomic E-state index is 12.2. The Morgan fingerprint density at radius 3 is 3.00 bits per heavy atom. The number of carbonyl (C=O) groups is 2. The first kappa shape index (κ1) is 14.0. The highest BCUT2D eigenvalue weighted by Crippen LogP contribution is 2.22. The van der Waals surface area contributed by atoms with Crippen molar-refractivity contribution in [2.24, 2.45) is 5.10 Å². The first-order valence-electron chi connectivity index (χ1n) is 6.28. The van der Waals surface area contributed by atoms with Gasteiger partial charge in [-0.05, 0) is 13.3 Å². The summed E-state index contributed by atoms with van der Waals surface area (Å²) in [6, 6.07) is -0.539. The highest BCUT2D eigenvalue weighted by molar-refractivity contribution is 7.15. The minimum absolute atomic E-state index is 0.274. The van der Waals surface area contributed by atoms with Crippen LogP contribution in [0.3, 0.4) is 0 Å². The van der Waals surface area contributed by atoms with E-state index in [-0.39, 0.29) is 11.1 Å². The van der Waals surface area contributed by atoms with Crippen LogP contribution >= 0.6 is 22.9 Å². The molecule has 0 aromatic carbocycles. The van der Waals surface area contributed by atoms with Gasteiger partial charge in [0.1, 0.15) is 11.2 Å². The zero-order valence-corrected chi connectivity index (χ0v) is 12.9. The number of imidazole rings is 1. The van der Waals surface area contributed by atoms with Crippen molar-refractivity contribution in [3.63, 3.8) is 0 Å². The second-order valence-corrected chi connectivity index (χ2v) is 6.05. The predicted molar refractivity (Wildman–Crippen MR) is 79.7 cm³/mol. The van der Waals surface area contributed by atoms with Crippen molar-refractivity contribution in [3.8, 4) is 0 Å². The Balaban J connectivity index is 1.93. The average Bonchev–Trinajstić information content (AvgIpc) is 3.05. The van der Waals surface area contributed by atoms with E-state index >= 15 is 0 Å². The van der Waals surface area contributed by atoms with Gasteiger partial charge in [0.05, 0.1) is 6.21 Å². The Bertz CT molecular complexity index is 767. The highest BCUT2D eigenvalue weighted by atomic mass is 35.5. The Labute approximate surface area is 129 Å². The van der Waals surface area contributed by atoms with Crippen molar-refractivity contribution < 1.29 is 9.59 Å². The zero-order chi connectivity index (χ0) is 15.2. The van der Waals surface area contributed by atoms with Gasteiger partial charge in [0.25, 0.3) is 5.91 Å².